The van der Waals surface area contributed by atoms with Crippen molar-refractivity contribution in [2.45, 2.75) is 19.9 Å². The summed E-state index contributed by atoms with van der Waals surface area (Å²) in [4.78, 5) is 8.18. The van der Waals surface area contributed by atoms with Gasteiger partial charge in [-0.3, -0.25) is 0 Å². The number of aromatic nitrogens is 5. The molecule has 2 aromatic rings. The Morgan fingerprint density at radius 1 is 1.38 bits per heavy atom. The molecule has 0 aromatic carbocycles. The molecule has 0 aliphatic heterocycles. The second kappa shape index (κ2) is 4.26. The van der Waals surface area contributed by atoms with Crippen LogP contribution in [0.3, 0.4) is 0 Å². The first-order chi connectivity index (χ1) is 7.66. The predicted octanol–water partition coefficient (Wildman–Crippen LogP) is 1.09. The van der Waals surface area contributed by atoms with Gasteiger partial charge >= 0.3 is 0 Å². The molecule has 0 bridgehead atoms. The van der Waals surface area contributed by atoms with Crippen molar-refractivity contribution in [2.24, 2.45) is 7.05 Å². The lowest BCUT2D eigenvalue weighted by molar-refractivity contribution is 0.716. The molecule has 1 atom stereocenters. The topological polar surface area (TPSA) is 68.5 Å². The van der Waals surface area contributed by atoms with E-state index in [0.29, 0.717) is 0 Å². The average molecular weight is 218 g/mol. The van der Waals surface area contributed by atoms with Crippen molar-refractivity contribution in [3.8, 4) is 0 Å². The Morgan fingerprint density at radius 2 is 2.19 bits per heavy atom. The van der Waals surface area contributed by atoms with E-state index in [1.807, 2.05) is 31.5 Å². The van der Waals surface area contributed by atoms with Crippen molar-refractivity contribution in [3.63, 3.8) is 0 Å². The monoisotopic (exact) mass is 218 g/mol. The fourth-order valence-electron chi connectivity index (χ4n) is 1.50. The van der Waals surface area contributed by atoms with Gasteiger partial charge in [0.05, 0.1) is 6.04 Å². The number of hydrogen-bond donors (Lipinski definition) is 1. The van der Waals surface area contributed by atoms with Crippen molar-refractivity contribution >= 4 is 5.82 Å². The molecule has 16 heavy (non-hydrogen) atoms. The number of nitrogens with one attached hydrogen (secondary N) is 1. The maximum Gasteiger partial charge on any atom is 0.154 e. The highest BCUT2D eigenvalue weighted by molar-refractivity contribution is 5.36. The minimum absolute atomic E-state index is 0.0572. The van der Waals surface area contributed by atoms with Gasteiger partial charge in [0.1, 0.15) is 18.5 Å². The lowest BCUT2D eigenvalue weighted by Gasteiger charge is -2.13. The van der Waals surface area contributed by atoms with E-state index < -0.39 is 0 Å². The molecule has 84 valence electrons. The molecule has 0 spiro atoms. The van der Waals surface area contributed by atoms with E-state index in [1.54, 1.807) is 12.7 Å². The summed E-state index contributed by atoms with van der Waals surface area (Å²) >= 11 is 0. The van der Waals surface area contributed by atoms with Crippen molar-refractivity contribution in [3.05, 3.63) is 30.2 Å². The second-order valence-electron chi connectivity index (χ2n) is 3.71. The zero-order valence-corrected chi connectivity index (χ0v) is 9.55. The van der Waals surface area contributed by atoms with Crippen LogP contribution in [0.1, 0.15) is 24.5 Å². The first kappa shape index (κ1) is 10.5. The first-order valence-corrected chi connectivity index (χ1v) is 5.06. The van der Waals surface area contributed by atoms with E-state index in [4.69, 9.17) is 0 Å². The zero-order valence-electron chi connectivity index (χ0n) is 9.55. The number of anilines is 1. The molecule has 2 rings (SSSR count). The summed E-state index contributed by atoms with van der Waals surface area (Å²) in [6, 6.07) is 1.95. The molecule has 1 unspecified atom stereocenters. The van der Waals surface area contributed by atoms with Crippen LogP contribution in [-0.2, 0) is 7.05 Å². The Balaban J connectivity index is 2.14. The highest BCUT2D eigenvalue weighted by Gasteiger charge is 2.11. The summed E-state index contributed by atoms with van der Waals surface area (Å²) in [5, 5.41) is 11.1. The quantitative estimate of drug-likeness (QED) is 0.835. The summed E-state index contributed by atoms with van der Waals surface area (Å²) in [6.45, 7) is 3.95. The van der Waals surface area contributed by atoms with Gasteiger partial charge < -0.3 is 9.88 Å². The van der Waals surface area contributed by atoms with Crippen LogP contribution in [0.5, 0.6) is 0 Å². The van der Waals surface area contributed by atoms with E-state index in [0.717, 1.165) is 17.3 Å². The van der Waals surface area contributed by atoms with Gasteiger partial charge in [-0.15, -0.1) is 10.2 Å². The predicted molar refractivity (Wildman–Crippen MR) is 59.8 cm³/mol. The van der Waals surface area contributed by atoms with Crippen molar-refractivity contribution < 1.29 is 0 Å². The fourth-order valence-corrected chi connectivity index (χ4v) is 1.50. The number of rotatable bonds is 3. The van der Waals surface area contributed by atoms with Gasteiger partial charge in [-0.05, 0) is 13.8 Å². The first-order valence-electron chi connectivity index (χ1n) is 5.06. The lowest BCUT2D eigenvalue weighted by atomic mass is 10.3. The van der Waals surface area contributed by atoms with Crippen LogP contribution in [0, 0.1) is 6.92 Å². The van der Waals surface area contributed by atoms with Crippen LogP contribution < -0.4 is 5.32 Å². The number of aryl methyl sites for hydroxylation is 2. The maximum atomic E-state index is 4.14. The van der Waals surface area contributed by atoms with Crippen LogP contribution in [0.2, 0.25) is 0 Å². The molecule has 2 heterocycles. The van der Waals surface area contributed by atoms with Crippen LogP contribution in [0.4, 0.5) is 5.82 Å². The Kier molecular flexibility index (Phi) is 2.80. The minimum atomic E-state index is 0.0572. The molecule has 2 aromatic heterocycles. The fraction of sp³-hybridized carbons (Fsp3) is 0.400. The third kappa shape index (κ3) is 2.16. The van der Waals surface area contributed by atoms with E-state index in [9.17, 15) is 0 Å². The van der Waals surface area contributed by atoms with Crippen molar-refractivity contribution in [2.75, 3.05) is 5.32 Å². The van der Waals surface area contributed by atoms with Crippen LogP contribution in [0.25, 0.3) is 0 Å². The van der Waals surface area contributed by atoms with E-state index in [2.05, 4.69) is 25.5 Å². The molecule has 0 radical (unpaired) electrons. The van der Waals surface area contributed by atoms with Crippen molar-refractivity contribution in [1.29, 1.82) is 0 Å². The normalized spacial score (nSPS) is 12.4. The maximum absolute atomic E-state index is 4.14. The minimum Gasteiger partial charge on any atom is -0.360 e. The van der Waals surface area contributed by atoms with Gasteiger partial charge in [-0.2, -0.15) is 0 Å². The summed E-state index contributed by atoms with van der Waals surface area (Å²) in [7, 11) is 1.92. The molecule has 1 N–H and O–H groups in total. The van der Waals surface area contributed by atoms with Gasteiger partial charge in [-0.25, -0.2) is 9.97 Å². The largest absolute Gasteiger partial charge is 0.360 e. The highest BCUT2D eigenvalue weighted by atomic mass is 15.3. The smallest absolute Gasteiger partial charge is 0.154 e. The van der Waals surface area contributed by atoms with E-state index in [1.165, 1.54) is 0 Å². The third-order valence-electron chi connectivity index (χ3n) is 2.30. The third-order valence-corrected chi connectivity index (χ3v) is 2.30. The summed E-state index contributed by atoms with van der Waals surface area (Å²) in [6.07, 6.45) is 3.22. The van der Waals surface area contributed by atoms with Crippen LogP contribution in [0.15, 0.2) is 18.7 Å². The number of hydrogen-bond acceptors (Lipinski definition) is 5. The van der Waals surface area contributed by atoms with Crippen LogP contribution in [-0.4, -0.2) is 24.7 Å². The molecule has 0 saturated carbocycles. The Morgan fingerprint density at radius 3 is 2.81 bits per heavy atom. The molecular weight excluding hydrogens is 204 g/mol. The molecule has 0 fully saturated rings. The van der Waals surface area contributed by atoms with Gasteiger partial charge in [-0.1, -0.05) is 0 Å². The van der Waals surface area contributed by atoms with Gasteiger partial charge in [0, 0.05) is 18.8 Å². The second-order valence-corrected chi connectivity index (χ2v) is 3.71. The molecule has 6 nitrogen and oxygen atoms in total. The summed E-state index contributed by atoms with van der Waals surface area (Å²) in [5.41, 5.74) is 0.933. The summed E-state index contributed by atoms with van der Waals surface area (Å²) in [5.74, 6) is 1.67. The highest BCUT2D eigenvalue weighted by Crippen LogP contribution is 2.14. The summed E-state index contributed by atoms with van der Waals surface area (Å²) < 4.78 is 1.88. The Labute approximate surface area is 93.8 Å². The molecule has 0 aliphatic carbocycles. The average Bonchev–Trinajstić information content (AvgIpc) is 2.64. The number of nitrogens with zero attached hydrogens (tertiary/aromatic N) is 5. The Hall–Kier alpha value is -1.98. The Bertz CT molecular complexity index is 478. The lowest BCUT2D eigenvalue weighted by Crippen LogP contribution is -2.12. The molecule has 0 amide bonds. The van der Waals surface area contributed by atoms with E-state index >= 15 is 0 Å². The van der Waals surface area contributed by atoms with Gasteiger partial charge in [0.25, 0.3) is 0 Å². The molecule has 6 heteroatoms. The van der Waals surface area contributed by atoms with Gasteiger partial charge in [0.15, 0.2) is 5.82 Å². The zero-order chi connectivity index (χ0) is 11.5. The standard InChI is InChI=1S/C10H14N6/c1-7-4-9(12-5-11-7)14-8(2)10-15-13-6-16(10)3/h4-6,8H,1-3H3,(H,11,12,14). The molecule has 0 saturated heterocycles. The molecule has 0 aliphatic rings. The molecular formula is C10H14N6. The van der Waals surface area contributed by atoms with Crippen LogP contribution >= 0.6 is 0 Å². The van der Waals surface area contributed by atoms with Crippen molar-refractivity contribution in [1.82, 2.24) is 24.7 Å². The van der Waals surface area contributed by atoms with Gasteiger partial charge in [0.2, 0.25) is 0 Å². The SMILES string of the molecule is Cc1cc(NC(C)c2nncn2C)ncn1. The van der Waals surface area contributed by atoms with E-state index in [-0.39, 0.29) is 6.04 Å².